The van der Waals surface area contributed by atoms with E-state index in [0.29, 0.717) is 11.4 Å². The monoisotopic (exact) mass is 344 g/mol. The van der Waals surface area contributed by atoms with Gasteiger partial charge in [-0.25, -0.2) is 0 Å². The second-order valence-corrected chi connectivity index (χ2v) is 5.78. The van der Waals surface area contributed by atoms with E-state index in [4.69, 9.17) is 5.73 Å². The number of ketones is 2. The molecule has 0 aromatic heterocycles. The summed E-state index contributed by atoms with van der Waals surface area (Å²) in [6.07, 6.45) is 7.13. The molecule has 1 aromatic carbocycles. The minimum Gasteiger partial charge on any atom is -0.399 e. The van der Waals surface area contributed by atoms with E-state index in [0.717, 1.165) is 0 Å². The average Bonchev–Trinajstić information content (AvgIpc) is 2.49. The molecular formula is C16H13BrN2O2. The Morgan fingerprint density at radius 2 is 1.71 bits per heavy atom. The summed E-state index contributed by atoms with van der Waals surface area (Å²) in [6.45, 7) is 0. The minimum atomic E-state index is -0.438. The number of hydrogen-bond donors (Lipinski definition) is 2. The zero-order chi connectivity index (χ0) is 15.0. The van der Waals surface area contributed by atoms with Crippen LogP contribution in [0.15, 0.2) is 58.7 Å². The van der Waals surface area contributed by atoms with Gasteiger partial charge in [0, 0.05) is 11.4 Å². The van der Waals surface area contributed by atoms with Crippen molar-refractivity contribution in [2.45, 2.75) is 0 Å². The molecule has 2 unspecified atom stereocenters. The SMILES string of the molecule is Nc1cccc(NC2=C(Br)C(=O)C3C=CC=CC3C2=O)c1. The number of benzene rings is 1. The van der Waals surface area contributed by atoms with E-state index in [1.807, 2.05) is 0 Å². The molecule has 0 saturated heterocycles. The van der Waals surface area contributed by atoms with Crippen molar-refractivity contribution in [1.82, 2.24) is 0 Å². The summed E-state index contributed by atoms with van der Waals surface area (Å²) in [4.78, 5) is 25.0. The zero-order valence-corrected chi connectivity index (χ0v) is 12.6. The summed E-state index contributed by atoms with van der Waals surface area (Å²) >= 11 is 3.26. The fourth-order valence-corrected chi connectivity index (χ4v) is 3.09. The maximum Gasteiger partial charge on any atom is 0.188 e. The lowest BCUT2D eigenvalue weighted by atomic mass is 9.77. The molecule has 0 amide bonds. The molecule has 2 aliphatic rings. The number of nitrogens with two attached hydrogens (primary N) is 1. The molecule has 0 aliphatic heterocycles. The number of halogens is 1. The van der Waals surface area contributed by atoms with Crippen LogP contribution in [0.2, 0.25) is 0 Å². The van der Waals surface area contributed by atoms with Crippen molar-refractivity contribution in [2.75, 3.05) is 11.1 Å². The molecule has 0 spiro atoms. The van der Waals surface area contributed by atoms with Crippen molar-refractivity contribution in [3.63, 3.8) is 0 Å². The van der Waals surface area contributed by atoms with Gasteiger partial charge in [0.15, 0.2) is 11.6 Å². The number of nitrogens with one attached hydrogen (secondary N) is 1. The van der Waals surface area contributed by atoms with Crippen LogP contribution in [0, 0.1) is 11.8 Å². The summed E-state index contributed by atoms with van der Waals surface area (Å²) in [7, 11) is 0. The van der Waals surface area contributed by atoms with E-state index in [-0.39, 0.29) is 21.7 Å². The van der Waals surface area contributed by atoms with Gasteiger partial charge in [0.05, 0.1) is 16.3 Å². The van der Waals surface area contributed by atoms with Gasteiger partial charge in [-0.05, 0) is 34.1 Å². The number of carbonyl (C=O) groups is 2. The van der Waals surface area contributed by atoms with E-state index < -0.39 is 11.8 Å². The first-order valence-electron chi connectivity index (χ1n) is 6.53. The third-order valence-corrected chi connectivity index (χ3v) is 4.37. The Kier molecular flexibility index (Phi) is 3.51. The maximum atomic E-state index is 12.6. The normalized spacial score (nSPS) is 24.2. The Hall–Kier alpha value is -2.14. The number of nitrogen functional groups attached to an aromatic ring is 1. The lowest BCUT2D eigenvalue weighted by Gasteiger charge is -2.28. The second-order valence-electron chi connectivity index (χ2n) is 4.99. The summed E-state index contributed by atoms with van der Waals surface area (Å²) in [5.41, 5.74) is 7.28. The molecule has 2 atom stereocenters. The van der Waals surface area contributed by atoms with Gasteiger partial charge in [-0.15, -0.1) is 0 Å². The number of fused-ring (bicyclic) bond motifs is 1. The first-order chi connectivity index (χ1) is 10.1. The standard InChI is InChI=1S/C16H13BrN2O2/c17-13-14(19-10-5-3-4-9(18)8-10)16(21)12-7-2-1-6-11(12)15(13)20/h1-8,11-12,19H,18H2. The van der Waals surface area contributed by atoms with Gasteiger partial charge in [0.2, 0.25) is 0 Å². The molecule has 0 heterocycles. The Bertz CT molecular complexity index is 719. The van der Waals surface area contributed by atoms with Crippen LogP contribution in [-0.4, -0.2) is 11.6 Å². The highest BCUT2D eigenvalue weighted by molar-refractivity contribution is 9.12. The molecule has 0 fully saturated rings. The van der Waals surface area contributed by atoms with Crippen LogP contribution in [0.4, 0.5) is 11.4 Å². The fourth-order valence-electron chi connectivity index (χ4n) is 2.53. The van der Waals surface area contributed by atoms with Crippen LogP contribution in [0.25, 0.3) is 0 Å². The molecule has 0 bridgehead atoms. The van der Waals surface area contributed by atoms with E-state index in [2.05, 4.69) is 21.2 Å². The van der Waals surface area contributed by atoms with Crippen molar-refractivity contribution in [2.24, 2.45) is 11.8 Å². The Labute approximate surface area is 130 Å². The van der Waals surface area contributed by atoms with Crippen LogP contribution in [-0.2, 0) is 9.59 Å². The van der Waals surface area contributed by atoms with Gasteiger partial charge in [-0.3, -0.25) is 9.59 Å². The molecule has 5 heteroatoms. The van der Waals surface area contributed by atoms with E-state index >= 15 is 0 Å². The van der Waals surface area contributed by atoms with E-state index in [9.17, 15) is 9.59 Å². The molecule has 0 radical (unpaired) electrons. The highest BCUT2D eigenvalue weighted by Gasteiger charge is 2.40. The third-order valence-electron chi connectivity index (χ3n) is 3.58. The molecule has 2 aliphatic carbocycles. The fraction of sp³-hybridized carbons (Fsp3) is 0.125. The van der Waals surface area contributed by atoms with Gasteiger partial charge < -0.3 is 11.1 Å². The third kappa shape index (κ3) is 2.45. The molecule has 3 N–H and O–H groups in total. The number of hydrogen-bond acceptors (Lipinski definition) is 4. The number of rotatable bonds is 2. The Morgan fingerprint density at radius 1 is 1.05 bits per heavy atom. The summed E-state index contributed by atoms with van der Waals surface area (Å²) in [5, 5.41) is 3.01. The molecule has 21 heavy (non-hydrogen) atoms. The van der Waals surface area contributed by atoms with Crippen molar-refractivity contribution in [1.29, 1.82) is 0 Å². The minimum absolute atomic E-state index is 0.0911. The van der Waals surface area contributed by atoms with Crippen LogP contribution in [0.3, 0.4) is 0 Å². The summed E-state index contributed by atoms with van der Waals surface area (Å²) in [6, 6.07) is 7.05. The van der Waals surface area contributed by atoms with Gasteiger partial charge in [-0.1, -0.05) is 30.4 Å². The van der Waals surface area contributed by atoms with Crippen molar-refractivity contribution in [3.05, 3.63) is 58.7 Å². The smallest absolute Gasteiger partial charge is 0.188 e. The van der Waals surface area contributed by atoms with Crippen molar-refractivity contribution >= 4 is 38.9 Å². The Morgan fingerprint density at radius 3 is 2.38 bits per heavy atom. The topological polar surface area (TPSA) is 72.2 Å². The largest absolute Gasteiger partial charge is 0.399 e. The average molecular weight is 345 g/mol. The molecule has 1 aromatic rings. The first kappa shape index (κ1) is 13.8. The predicted molar refractivity (Wildman–Crippen MR) is 85.7 cm³/mol. The zero-order valence-electron chi connectivity index (χ0n) is 11.0. The van der Waals surface area contributed by atoms with Gasteiger partial charge in [-0.2, -0.15) is 0 Å². The number of Topliss-reactive ketones (excluding diaryl/α,β-unsaturated/α-hetero) is 2. The van der Waals surface area contributed by atoms with E-state index in [1.165, 1.54) is 0 Å². The highest BCUT2D eigenvalue weighted by atomic mass is 79.9. The Balaban J connectivity index is 1.98. The molecule has 0 saturated carbocycles. The lowest BCUT2D eigenvalue weighted by Crippen LogP contribution is -2.37. The van der Waals surface area contributed by atoms with Crippen LogP contribution < -0.4 is 11.1 Å². The molecule has 3 rings (SSSR count). The van der Waals surface area contributed by atoms with Crippen LogP contribution in [0.1, 0.15) is 0 Å². The van der Waals surface area contributed by atoms with Gasteiger partial charge in [0.25, 0.3) is 0 Å². The van der Waals surface area contributed by atoms with Crippen LogP contribution in [0.5, 0.6) is 0 Å². The summed E-state index contributed by atoms with van der Waals surface area (Å²) in [5.74, 6) is -1.04. The number of carbonyl (C=O) groups excluding carboxylic acids is 2. The quantitative estimate of drug-likeness (QED) is 0.809. The number of allylic oxidation sites excluding steroid dienone is 6. The molecule has 4 nitrogen and oxygen atoms in total. The highest BCUT2D eigenvalue weighted by Crippen LogP contribution is 2.35. The molecule has 106 valence electrons. The maximum absolute atomic E-state index is 12.6. The van der Waals surface area contributed by atoms with Crippen molar-refractivity contribution < 1.29 is 9.59 Å². The van der Waals surface area contributed by atoms with Gasteiger partial charge in [0.1, 0.15) is 5.70 Å². The lowest BCUT2D eigenvalue weighted by molar-refractivity contribution is -0.126. The summed E-state index contributed by atoms with van der Waals surface area (Å²) < 4.78 is 0.288. The van der Waals surface area contributed by atoms with E-state index in [1.54, 1.807) is 48.6 Å². The second kappa shape index (κ2) is 5.33. The van der Waals surface area contributed by atoms with Crippen LogP contribution >= 0.6 is 15.9 Å². The number of anilines is 2. The predicted octanol–water partition coefficient (Wildman–Crippen LogP) is 2.80. The first-order valence-corrected chi connectivity index (χ1v) is 7.33. The van der Waals surface area contributed by atoms with Crippen molar-refractivity contribution in [3.8, 4) is 0 Å². The van der Waals surface area contributed by atoms with Gasteiger partial charge >= 0.3 is 0 Å². The molecular weight excluding hydrogens is 332 g/mol.